The fourth-order valence-corrected chi connectivity index (χ4v) is 3.22. The van der Waals surface area contributed by atoms with Crippen LogP contribution >= 0.6 is 0 Å². The lowest BCUT2D eigenvalue weighted by atomic mass is 9.97. The van der Waals surface area contributed by atoms with Gasteiger partial charge in [-0.3, -0.25) is 0 Å². The molecule has 0 atom stereocenters. The predicted octanol–water partition coefficient (Wildman–Crippen LogP) is 3.47. The van der Waals surface area contributed by atoms with Gasteiger partial charge in [-0.2, -0.15) is 4.98 Å². The molecule has 2 fully saturated rings. The Hall–Kier alpha value is -2.37. The van der Waals surface area contributed by atoms with Crippen molar-refractivity contribution < 1.29 is 8.83 Å². The first-order valence-electron chi connectivity index (χ1n) is 8.30. The van der Waals surface area contributed by atoms with E-state index in [-0.39, 0.29) is 0 Å². The van der Waals surface area contributed by atoms with Crippen LogP contribution in [0.15, 0.2) is 33.1 Å². The third-order valence-corrected chi connectivity index (χ3v) is 4.78. The maximum absolute atomic E-state index is 5.86. The lowest BCUT2D eigenvalue weighted by Crippen LogP contribution is -2.33. The highest BCUT2D eigenvalue weighted by atomic mass is 16.4. The Morgan fingerprint density at radius 2 is 1.57 bits per heavy atom. The number of para-hydroxylation sites is 2. The topological polar surface area (TPSA) is 68.2 Å². The van der Waals surface area contributed by atoms with E-state index >= 15 is 0 Å². The van der Waals surface area contributed by atoms with Crippen molar-refractivity contribution in [1.29, 1.82) is 0 Å². The van der Waals surface area contributed by atoms with Crippen LogP contribution in [0.25, 0.3) is 11.1 Å². The van der Waals surface area contributed by atoms with Crippen molar-refractivity contribution in [1.82, 2.24) is 15.2 Å². The molecular formula is C17H18N4O2. The first-order chi connectivity index (χ1) is 11.4. The minimum absolute atomic E-state index is 0.357. The highest BCUT2D eigenvalue weighted by Crippen LogP contribution is 2.40. The minimum atomic E-state index is 0.357. The number of benzene rings is 1. The van der Waals surface area contributed by atoms with Crippen molar-refractivity contribution in [3.8, 4) is 0 Å². The van der Waals surface area contributed by atoms with Gasteiger partial charge in [-0.25, -0.2) is 0 Å². The smallest absolute Gasteiger partial charge is 0.298 e. The van der Waals surface area contributed by atoms with Crippen LogP contribution in [-0.2, 0) is 0 Å². The average molecular weight is 310 g/mol. The van der Waals surface area contributed by atoms with Gasteiger partial charge in [0.05, 0.1) is 0 Å². The van der Waals surface area contributed by atoms with Crippen molar-refractivity contribution in [3.05, 3.63) is 36.0 Å². The number of hydrogen-bond donors (Lipinski definition) is 0. The monoisotopic (exact) mass is 310 g/mol. The second kappa shape index (κ2) is 5.08. The Morgan fingerprint density at radius 1 is 0.870 bits per heavy atom. The molecule has 2 aromatic heterocycles. The van der Waals surface area contributed by atoms with E-state index in [0.717, 1.165) is 48.8 Å². The van der Waals surface area contributed by atoms with Gasteiger partial charge in [0.2, 0.25) is 11.8 Å². The molecule has 1 saturated heterocycles. The summed E-state index contributed by atoms with van der Waals surface area (Å²) >= 11 is 0. The molecule has 3 aromatic rings. The third-order valence-electron chi connectivity index (χ3n) is 4.78. The van der Waals surface area contributed by atoms with Gasteiger partial charge < -0.3 is 13.7 Å². The molecular weight excluding hydrogens is 292 g/mol. The fraction of sp³-hybridized carbons (Fsp3) is 0.471. The summed E-state index contributed by atoms with van der Waals surface area (Å²) in [4.78, 5) is 6.78. The van der Waals surface area contributed by atoms with Gasteiger partial charge in [-0.15, -0.1) is 10.2 Å². The predicted molar refractivity (Wildman–Crippen MR) is 84.5 cm³/mol. The van der Waals surface area contributed by atoms with Gasteiger partial charge in [0.1, 0.15) is 5.52 Å². The molecule has 1 saturated carbocycles. The van der Waals surface area contributed by atoms with E-state index < -0.39 is 0 Å². The molecule has 1 aliphatic carbocycles. The van der Waals surface area contributed by atoms with Crippen LogP contribution in [0.4, 0.5) is 6.01 Å². The Balaban J connectivity index is 1.29. The molecule has 0 bridgehead atoms. The number of hydrogen-bond acceptors (Lipinski definition) is 6. The number of aromatic nitrogens is 3. The number of piperidine rings is 1. The van der Waals surface area contributed by atoms with E-state index in [1.54, 1.807) is 0 Å². The molecule has 5 rings (SSSR count). The summed E-state index contributed by atoms with van der Waals surface area (Å²) in [5.41, 5.74) is 1.76. The lowest BCUT2D eigenvalue weighted by molar-refractivity contribution is 0.369. The molecule has 0 radical (unpaired) electrons. The van der Waals surface area contributed by atoms with Crippen LogP contribution in [0.2, 0.25) is 0 Å². The number of fused-ring (bicyclic) bond motifs is 1. The average Bonchev–Trinajstić information content (AvgIpc) is 3.17. The van der Waals surface area contributed by atoms with Crippen LogP contribution in [-0.4, -0.2) is 28.3 Å². The third kappa shape index (κ3) is 2.38. The highest BCUT2D eigenvalue weighted by Gasteiger charge is 2.32. The Bertz CT molecular complexity index is 795. The molecule has 2 aliphatic rings. The van der Waals surface area contributed by atoms with E-state index in [4.69, 9.17) is 8.83 Å². The van der Waals surface area contributed by atoms with E-state index in [1.807, 2.05) is 24.3 Å². The maximum Gasteiger partial charge on any atom is 0.298 e. The number of oxazole rings is 1. The van der Waals surface area contributed by atoms with Crippen molar-refractivity contribution in [2.24, 2.45) is 0 Å². The molecule has 118 valence electrons. The normalized spacial score (nSPS) is 19.6. The standard InChI is InChI=1S/C17H18N4O2/c1-2-4-14-13(3-1)18-17(22-14)21-9-7-12(8-10-21)16-20-19-15(23-16)11-5-6-11/h1-4,11-12H,5-10H2. The van der Waals surface area contributed by atoms with E-state index in [2.05, 4.69) is 20.1 Å². The SMILES string of the molecule is c1ccc2oc(N3CCC(c4nnc(C5CC5)o4)CC3)nc2c1. The van der Waals surface area contributed by atoms with Crippen LogP contribution < -0.4 is 4.90 Å². The Morgan fingerprint density at radius 3 is 2.26 bits per heavy atom. The molecule has 0 amide bonds. The molecule has 1 aromatic carbocycles. The molecule has 6 nitrogen and oxygen atoms in total. The van der Waals surface area contributed by atoms with Crippen LogP contribution in [0.3, 0.4) is 0 Å². The molecule has 6 heteroatoms. The summed E-state index contributed by atoms with van der Waals surface area (Å²) in [5, 5.41) is 8.46. The molecule has 0 unspecified atom stereocenters. The van der Waals surface area contributed by atoms with Gasteiger partial charge >= 0.3 is 0 Å². The first-order valence-corrected chi connectivity index (χ1v) is 8.30. The summed E-state index contributed by atoms with van der Waals surface area (Å²) in [5.74, 6) is 2.53. The van der Waals surface area contributed by atoms with E-state index in [1.165, 1.54) is 12.8 Å². The number of nitrogens with zero attached hydrogens (tertiary/aromatic N) is 4. The quantitative estimate of drug-likeness (QED) is 0.738. The summed E-state index contributed by atoms with van der Waals surface area (Å²) in [6.07, 6.45) is 4.37. The molecule has 1 aliphatic heterocycles. The fourth-order valence-electron chi connectivity index (χ4n) is 3.22. The summed E-state index contributed by atoms with van der Waals surface area (Å²) in [7, 11) is 0. The zero-order valence-corrected chi connectivity index (χ0v) is 12.8. The zero-order chi connectivity index (χ0) is 15.2. The zero-order valence-electron chi connectivity index (χ0n) is 12.8. The lowest BCUT2D eigenvalue weighted by Gasteiger charge is -2.28. The second-order valence-corrected chi connectivity index (χ2v) is 6.48. The second-order valence-electron chi connectivity index (χ2n) is 6.48. The van der Waals surface area contributed by atoms with Crippen LogP contribution in [0.1, 0.15) is 49.3 Å². The maximum atomic E-state index is 5.86. The number of anilines is 1. The van der Waals surface area contributed by atoms with Crippen LogP contribution in [0.5, 0.6) is 0 Å². The first kappa shape index (κ1) is 13.1. The van der Waals surface area contributed by atoms with Gasteiger partial charge in [-0.05, 0) is 37.8 Å². The van der Waals surface area contributed by atoms with Crippen molar-refractivity contribution >= 4 is 17.1 Å². The molecule has 0 spiro atoms. The summed E-state index contributed by atoms with van der Waals surface area (Å²) < 4.78 is 11.7. The largest absolute Gasteiger partial charge is 0.425 e. The molecule has 23 heavy (non-hydrogen) atoms. The van der Waals surface area contributed by atoms with Crippen molar-refractivity contribution in [3.63, 3.8) is 0 Å². The van der Waals surface area contributed by atoms with Gasteiger partial charge in [0.25, 0.3) is 6.01 Å². The molecule has 0 N–H and O–H groups in total. The Kier molecular flexibility index (Phi) is 2.89. The van der Waals surface area contributed by atoms with E-state index in [9.17, 15) is 0 Å². The van der Waals surface area contributed by atoms with E-state index in [0.29, 0.717) is 17.9 Å². The number of rotatable bonds is 3. The molecule has 3 heterocycles. The minimum Gasteiger partial charge on any atom is -0.425 e. The van der Waals surface area contributed by atoms with Crippen LogP contribution in [0, 0.1) is 0 Å². The van der Waals surface area contributed by atoms with Crippen molar-refractivity contribution in [2.75, 3.05) is 18.0 Å². The van der Waals surface area contributed by atoms with Gasteiger partial charge in [0.15, 0.2) is 5.58 Å². The summed E-state index contributed by atoms with van der Waals surface area (Å²) in [6.45, 7) is 1.80. The van der Waals surface area contributed by atoms with Crippen molar-refractivity contribution in [2.45, 2.75) is 37.5 Å². The highest BCUT2D eigenvalue weighted by molar-refractivity contribution is 5.74. The Labute approximate surface area is 133 Å². The van der Waals surface area contributed by atoms with Gasteiger partial charge in [-0.1, -0.05) is 12.1 Å². The summed E-state index contributed by atoms with van der Waals surface area (Å²) in [6, 6.07) is 8.60. The van der Waals surface area contributed by atoms with Gasteiger partial charge in [0, 0.05) is 24.9 Å².